The topological polar surface area (TPSA) is 63.6 Å². The molecule has 4 heteroatoms. The number of aliphatic hydroxyl groups is 1. The third-order valence-electron chi connectivity index (χ3n) is 2.18. The van der Waals surface area contributed by atoms with E-state index in [1.54, 1.807) is 19.1 Å². The number of Topliss-reactive ketones (excluding diaryl/α,β-unsaturated/α-hetero) is 1. The summed E-state index contributed by atoms with van der Waals surface area (Å²) in [4.78, 5) is 22.1. The Bertz CT molecular complexity index is 339. The molecule has 0 heterocycles. The van der Waals surface area contributed by atoms with Gasteiger partial charge in [0.15, 0.2) is 0 Å². The molecular formula is C13H20O4. The lowest BCUT2D eigenvalue weighted by molar-refractivity contribution is -0.143. The van der Waals surface area contributed by atoms with Gasteiger partial charge in [0.2, 0.25) is 0 Å². The molecule has 0 bridgehead atoms. The van der Waals surface area contributed by atoms with Gasteiger partial charge in [-0.05, 0) is 26.3 Å². The Morgan fingerprint density at radius 3 is 2.35 bits per heavy atom. The van der Waals surface area contributed by atoms with E-state index < -0.39 is 5.92 Å². The highest BCUT2D eigenvalue weighted by Gasteiger charge is 2.10. The van der Waals surface area contributed by atoms with Crippen molar-refractivity contribution in [3.8, 4) is 0 Å². The lowest BCUT2D eigenvalue weighted by atomic mass is 10.0. The fourth-order valence-corrected chi connectivity index (χ4v) is 1.48. The number of ketones is 1. The van der Waals surface area contributed by atoms with E-state index in [4.69, 9.17) is 5.11 Å². The highest BCUT2D eigenvalue weighted by molar-refractivity contribution is 5.78. The summed E-state index contributed by atoms with van der Waals surface area (Å²) in [5.74, 6) is -0.700. The van der Waals surface area contributed by atoms with Crippen LogP contribution in [0.3, 0.4) is 0 Å². The van der Waals surface area contributed by atoms with Crippen molar-refractivity contribution in [1.29, 1.82) is 0 Å². The fourth-order valence-electron chi connectivity index (χ4n) is 1.48. The molecule has 0 radical (unpaired) electrons. The number of rotatable bonds is 6. The van der Waals surface area contributed by atoms with Crippen molar-refractivity contribution in [2.75, 3.05) is 13.7 Å². The Labute approximate surface area is 102 Å². The molecule has 0 spiro atoms. The minimum Gasteiger partial charge on any atom is -0.469 e. The quantitative estimate of drug-likeness (QED) is 0.566. The summed E-state index contributed by atoms with van der Waals surface area (Å²) >= 11 is 0. The fraction of sp³-hybridized carbons (Fsp3) is 0.538. The molecule has 0 aromatic rings. The first kappa shape index (κ1) is 15.6. The van der Waals surface area contributed by atoms with Crippen LogP contribution in [0.4, 0.5) is 0 Å². The molecule has 0 fully saturated rings. The molecule has 0 saturated heterocycles. The van der Waals surface area contributed by atoms with Crippen molar-refractivity contribution in [3.63, 3.8) is 0 Å². The molecule has 0 rings (SSSR count). The second-order valence-corrected chi connectivity index (χ2v) is 4.08. The first-order chi connectivity index (χ1) is 7.90. The first-order valence-corrected chi connectivity index (χ1v) is 5.46. The van der Waals surface area contributed by atoms with Crippen LogP contribution in [0.2, 0.25) is 0 Å². The van der Waals surface area contributed by atoms with Gasteiger partial charge in [-0.2, -0.15) is 0 Å². The van der Waals surface area contributed by atoms with E-state index in [2.05, 4.69) is 4.74 Å². The lowest BCUT2D eigenvalue weighted by Gasteiger charge is -2.06. The van der Waals surface area contributed by atoms with Crippen LogP contribution >= 0.6 is 0 Å². The average Bonchev–Trinajstić information content (AvgIpc) is 2.25. The van der Waals surface area contributed by atoms with E-state index >= 15 is 0 Å². The van der Waals surface area contributed by atoms with Gasteiger partial charge in [0.25, 0.3) is 0 Å². The van der Waals surface area contributed by atoms with Crippen molar-refractivity contribution < 1.29 is 19.4 Å². The third kappa shape index (κ3) is 6.68. The molecule has 0 aromatic carbocycles. The zero-order valence-electron chi connectivity index (χ0n) is 10.8. The number of hydrogen-bond acceptors (Lipinski definition) is 4. The van der Waals surface area contributed by atoms with E-state index in [0.29, 0.717) is 12.0 Å². The van der Waals surface area contributed by atoms with E-state index in [-0.39, 0.29) is 18.4 Å². The number of allylic oxidation sites excluding steroid dienone is 1. The second kappa shape index (κ2) is 7.79. The number of hydrogen-bond donors (Lipinski definition) is 1. The Hall–Kier alpha value is -1.42. The summed E-state index contributed by atoms with van der Waals surface area (Å²) in [6.07, 6.45) is 3.71. The lowest BCUT2D eigenvalue weighted by Crippen LogP contribution is -2.11. The summed E-state index contributed by atoms with van der Waals surface area (Å²) in [6.45, 7) is 4.84. The molecule has 17 heavy (non-hydrogen) atoms. The SMILES string of the molecule is COC(=O)[C@@H](C)/C=C(\C=C(/C)CC(C)=O)CO. The number of esters is 1. The van der Waals surface area contributed by atoms with Crippen LogP contribution in [-0.4, -0.2) is 30.6 Å². The minimum atomic E-state index is -0.413. The van der Waals surface area contributed by atoms with E-state index in [1.165, 1.54) is 14.0 Å². The summed E-state index contributed by atoms with van der Waals surface area (Å²) in [7, 11) is 1.32. The summed E-state index contributed by atoms with van der Waals surface area (Å²) in [5, 5.41) is 9.16. The van der Waals surface area contributed by atoms with Crippen LogP contribution < -0.4 is 0 Å². The van der Waals surface area contributed by atoms with Crippen molar-refractivity contribution in [2.24, 2.45) is 5.92 Å². The number of methoxy groups -OCH3 is 1. The van der Waals surface area contributed by atoms with E-state index in [0.717, 1.165) is 5.57 Å². The van der Waals surface area contributed by atoms with Crippen molar-refractivity contribution in [2.45, 2.75) is 27.2 Å². The van der Waals surface area contributed by atoms with Gasteiger partial charge in [-0.15, -0.1) is 0 Å². The minimum absolute atomic E-state index is 0.0667. The molecule has 96 valence electrons. The van der Waals surface area contributed by atoms with Gasteiger partial charge in [-0.25, -0.2) is 0 Å². The molecule has 0 amide bonds. The van der Waals surface area contributed by atoms with Crippen LogP contribution in [0.25, 0.3) is 0 Å². The van der Waals surface area contributed by atoms with Crippen LogP contribution in [0, 0.1) is 5.92 Å². The van der Waals surface area contributed by atoms with Gasteiger partial charge in [0.05, 0.1) is 19.6 Å². The van der Waals surface area contributed by atoms with E-state index in [1.807, 2.05) is 6.92 Å². The van der Waals surface area contributed by atoms with Crippen LogP contribution in [0.5, 0.6) is 0 Å². The molecule has 0 aromatic heterocycles. The van der Waals surface area contributed by atoms with Crippen LogP contribution in [0.15, 0.2) is 23.3 Å². The number of ether oxygens (including phenoxy) is 1. The van der Waals surface area contributed by atoms with Gasteiger partial charge in [0.1, 0.15) is 5.78 Å². The van der Waals surface area contributed by atoms with Gasteiger partial charge in [0, 0.05) is 6.42 Å². The summed E-state index contributed by atoms with van der Waals surface area (Å²) < 4.78 is 4.59. The predicted molar refractivity (Wildman–Crippen MR) is 65.4 cm³/mol. The molecule has 0 aliphatic heterocycles. The monoisotopic (exact) mass is 240 g/mol. The second-order valence-electron chi connectivity index (χ2n) is 4.08. The first-order valence-electron chi connectivity index (χ1n) is 5.46. The molecule has 0 aliphatic rings. The zero-order valence-corrected chi connectivity index (χ0v) is 10.8. The maximum atomic E-state index is 11.2. The molecule has 0 saturated carbocycles. The van der Waals surface area contributed by atoms with Crippen molar-refractivity contribution >= 4 is 11.8 Å². The van der Waals surface area contributed by atoms with E-state index in [9.17, 15) is 9.59 Å². The standard InChI is InChI=1S/C13H20O4/c1-9(5-11(3)15)6-12(8-14)7-10(2)13(16)17-4/h6-7,10,14H,5,8H2,1-4H3/b9-6+,12-7+/t10-/m0/s1. The normalized spacial score (nSPS) is 14.4. The third-order valence-corrected chi connectivity index (χ3v) is 2.18. The predicted octanol–water partition coefficient (Wildman–Crippen LogP) is 1.64. The maximum absolute atomic E-state index is 11.2. The molecular weight excluding hydrogens is 220 g/mol. The smallest absolute Gasteiger partial charge is 0.312 e. The number of carbonyl (C=O) groups is 2. The maximum Gasteiger partial charge on any atom is 0.312 e. The zero-order chi connectivity index (χ0) is 13.4. The molecule has 1 N–H and O–H groups in total. The summed E-state index contributed by atoms with van der Waals surface area (Å²) in [5.41, 5.74) is 1.47. The average molecular weight is 240 g/mol. The Kier molecular flexibility index (Phi) is 7.14. The summed E-state index contributed by atoms with van der Waals surface area (Å²) in [6, 6.07) is 0. The molecule has 4 nitrogen and oxygen atoms in total. The molecule has 0 unspecified atom stereocenters. The number of aliphatic hydroxyl groups excluding tert-OH is 1. The van der Waals surface area contributed by atoms with Gasteiger partial charge >= 0.3 is 5.97 Å². The van der Waals surface area contributed by atoms with Crippen molar-refractivity contribution in [3.05, 3.63) is 23.3 Å². The van der Waals surface area contributed by atoms with Crippen LogP contribution in [-0.2, 0) is 14.3 Å². The largest absolute Gasteiger partial charge is 0.469 e. The Morgan fingerprint density at radius 2 is 1.94 bits per heavy atom. The molecule has 0 aliphatic carbocycles. The highest BCUT2D eigenvalue weighted by atomic mass is 16.5. The highest BCUT2D eigenvalue weighted by Crippen LogP contribution is 2.10. The van der Waals surface area contributed by atoms with Crippen molar-refractivity contribution in [1.82, 2.24) is 0 Å². The van der Waals surface area contributed by atoms with Gasteiger partial charge in [-0.1, -0.05) is 17.7 Å². The van der Waals surface area contributed by atoms with Gasteiger partial charge in [-0.3, -0.25) is 9.59 Å². The molecule has 1 atom stereocenters. The Morgan fingerprint density at radius 1 is 1.35 bits per heavy atom. The van der Waals surface area contributed by atoms with Gasteiger partial charge < -0.3 is 9.84 Å². The Balaban J connectivity index is 4.77. The number of carbonyl (C=O) groups excluding carboxylic acids is 2. The van der Waals surface area contributed by atoms with Crippen LogP contribution in [0.1, 0.15) is 27.2 Å².